The number of nitrogens with one attached hydrogen (secondary N) is 1. The lowest BCUT2D eigenvalue weighted by Gasteiger charge is -2.15. The highest BCUT2D eigenvalue weighted by atomic mass is 32.1. The topological polar surface area (TPSA) is 68.3 Å². The number of hydrogen-bond acceptors (Lipinski definition) is 5. The van der Waals surface area contributed by atoms with Crippen molar-refractivity contribution in [2.45, 2.75) is 34.6 Å². The molecule has 0 unspecified atom stereocenters. The van der Waals surface area contributed by atoms with Crippen molar-refractivity contribution in [1.29, 1.82) is 0 Å². The molecule has 1 aromatic heterocycles. The summed E-state index contributed by atoms with van der Waals surface area (Å²) in [6.07, 6.45) is 0. The number of esters is 1. The summed E-state index contributed by atoms with van der Waals surface area (Å²) in [7, 11) is 0. The first-order valence-electron chi connectivity index (χ1n) is 7.01. The minimum Gasteiger partial charge on any atom is -0.455 e. The van der Waals surface area contributed by atoms with Gasteiger partial charge in [-0.2, -0.15) is 0 Å². The lowest BCUT2D eigenvalue weighted by Crippen LogP contribution is -2.27. The first-order valence-corrected chi connectivity index (χ1v) is 7.83. The second kappa shape index (κ2) is 6.04. The van der Waals surface area contributed by atoms with Crippen molar-refractivity contribution in [3.8, 4) is 0 Å². The normalized spacial score (nSPS) is 11.5. The fraction of sp³-hybridized carbons (Fsp3) is 0.438. The molecular weight excluding hydrogens is 300 g/mol. The number of fused-ring (bicyclic) bond motifs is 1. The van der Waals surface area contributed by atoms with Crippen molar-refractivity contribution in [1.82, 2.24) is 4.98 Å². The number of nitrogens with zero attached hydrogens (tertiary/aromatic N) is 1. The monoisotopic (exact) mass is 320 g/mol. The highest BCUT2D eigenvalue weighted by molar-refractivity contribution is 7.22. The minimum absolute atomic E-state index is 0.302. The molecule has 1 amide bonds. The molecule has 0 saturated heterocycles. The summed E-state index contributed by atoms with van der Waals surface area (Å²) in [5.74, 6) is -0.788. The quantitative estimate of drug-likeness (QED) is 0.880. The van der Waals surface area contributed by atoms with Crippen LogP contribution in [0.4, 0.5) is 5.13 Å². The van der Waals surface area contributed by atoms with Crippen LogP contribution in [0.25, 0.3) is 10.2 Å². The summed E-state index contributed by atoms with van der Waals surface area (Å²) < 4.78 is 6.01. The van der Waals surface area contributed by atoms with Gasteiger partial charge in [0.25, 0.3) is 5.91 Å². The Morgan fingerprint density at radius 3 is 2.59 bits per heavy atom. The van der Waals surface area contributed by atoms with E-state index < -0.39 is 11.4 Å². The molecule has 1 heterocycles. The van der Waals surface area contributed by atoms with Gasteiger partial charge in [0.1, 0.15) is 0 Å². The van der Waals surface area contributed by atoms with E-state index in [4.69, 9.17) is 4.74 Å². The van der Waals surface area contributed by atoms with Crippen molar-refractivity contribution in [3.63, 3.8) is 0 Å². The molecule has 22 heavy (non-hydrogen) atoms. The Balaban J connectivity index is 2.03. The number of benzene rings is 1. The van der Waals surface area contributed by atoms with E-state index in [-0.39, 0.29) is 12.5 Å². The predicted molar refractivity (Wildman–Crippen MR) is 88.1 cm³/mol. The first-order chi connectivity index (χ1) is 10.2. The number of carbonyl (C=O) groups is 2. The highest BCUT2D eigenvalue weighted by Gasteiger charge is 2.24. The van der Waals surface area contributed by atoms with Gasteiger partial charge in [0.15, 0.2) is 11.7 Å². The van der Waals surface area contributed by atoms with Crippen molar-refractivity contribution in [2.75, 3.05) is 11.9 Å². The maximum absolute atomic E-state index is 11.9. The van der Waals surface area contributed by atoms with Crippen LogP contribution in [0.1, 0.15) is 31.9 Å². The number of rotatable bonds is 3. The average molecular weight is 320 g/mol. The van der Waals surface area contributed by atoms with Gasteiger partial charge in [-0.15, -0.1) is 0 Å². The summed E-state index contributed by atoms with van der Waals surface area (Å²) in [6, 6.07) is 4.09. The number of hydrogen-bond donors (Lipinski definition) is 1. The lowest BCUT2D eigenvalue weighted by atomic mass is 9.97. The van der Waals surface area contributed by atoms with E-state index in [1.54, 1.807) is 20.8 Å². The smallest absolute Gasteiger partial charge is 0.311 e. The second-order valence-electron chi connectivity index (χ2n) is 6.32. The van der Waals surface area contributed by atoms with Crippen molar-refractivity contribution < 1.29 is 14.3 Å². The van der Waals surface area contributed by atoms with Gasteiger partial charge in [-0.1, -0.05) is 17.4 Å². The maximum Gasteiger partial charge on any atom is 0.311 e. The summed E-state index contributed by atoms with van der Waals surface area (Å²) >= 11 is 1.41. The molecule has 0 aliphatic heterocycles. The molecule has 0 aliphatic rings. The molecule has 1 N–H and O–H groups in total. The van der Waals surface area contributed by atoms with Gasteiger partial charge in [-0.3, -0.25) is 14.9 Å². The van der Waals surface area contributed by atoms with Crippen LogP contribution in [-0.4, -0.2) is 23.5 Å². The number of anilines is 1. The van der Waals surface area contributed by atoms with Crippen LogP contribution >= 0.6 is 11.3 Å². The number of aromatic nitrogens is 1. The van der Waals surface area contributed by atoms with E-state index in [1.165, 1.54) is 11.3 Å². The number of carbonyl (C=O) groups excluding carboxylic acids is 2. The third-order valence-electron chi connectivity index (χ3n) is 3.02. The molecule has 5 nitrogen and oxygen atoms in total. The van der Waals surface area contributed by atoms with E-state index in [1.807, 2.05) is 19.9 Å². The SMILES string of the molecule is Cc1cc(C)c2nc(NC(=O)COC(=O)C(C)(C)C)sc2c1. The molecule has 2 rings (SSSR count). The molecule has 0 bridgehead atoms. The Labute approximate surface area is 133 Å². The Bertz CT molecular complexity index is 729. The number of aryl methyl sites for hydroxylation is 2. The standard InChI is InChI=1S/C16H20N2O3S/c1-9-6-10(2)13-11(7-9)22-15(18-13)17-12(19)8-21-14(20)16(3,4)5/h6-7H,8H2,1-5H3,(H,17,18,19). The Morgan fingerprint density at radius 1 is 1.27 bits per heavy atom. The zero-order chi connectivity index (χ0) is 16.5. The van der Waals surface area contributed by atoms with Crippen LogP contribution in [0.5, 0.6) is 0 Å². The summed E-state index contributed by atoms with van der Waals surface area (Å²) in [5.41, 5.74) is 2.50. The van der Waals surface area contributed by atoms with Crippen LogP contribution in [0.3, 0.4) is 0 Å². The third-order valence-corrected chi connectivity index (χ3v) is 3.94. The van der Waals surface area contributed by atoms with Crippen molar-refractivity contribution in [2.24, 2.45) is 5.41 Å². The van der Waals surface area contributed by atoms with Crippen molar-refractivity contribution in [3.05, 3.63) is 23.3 Å². The molecule has 118 valence electrons. The molecule has 0 fully saturated rings. The number of thiazole rings is 1. The first kappa shape index (κ1) is 16.4. The highest BCUT2D eigenvalue weighted by Crippen LogP contribution is 2.29. The molecule has 0 spiro atoms. The van der Waals surface area contributed by atoms with Gasteiger partial charge in [0.2, 0.25) is 0 Å². The van der Waals surface area contributed by atoms with Crippen LogP contribution in [0.2, 0.25) is 0 Å². The molecule has 2 aromatic rings. The fourth-order valence-electron chi connectivity index (χ4n) is 1.93. The summed E-state index contributed by atoms with van der Waals surface area (Å²) in [4.78, 5) is 27.9. The Kier molecular flexibility index (Phi) is 4.51. The van der Waals surface area contributed by atoms with Gasteiger partial charge >= 0.3 is 5.97 Å². The Hall–Kier alpha value is -1.95. The minimum atomic E-state index is -0.620. The number of amides is 1. The van der Waals surface area contributed by atoms with Gasteiger partial charge in [0.05, 0.1) is 15.6 Å². The second-order valence-corrected chi connectivity index (χ2v) is 7.35. The molecule has 0 radical (unpaired) electrons. The van der Waals surface area contributed by atoms with Gasteiger partial charge < -0.3 is 4.74 Å². The molecule has 6 heteroatoms. The summed E-state index contributed by atoms with van der Waals surface area (Å²) in [5, 5.41) is 3.19. The molecular formula is C16H20N2O3S. The van der Waals surface area contributed by atoms with Crippen LogP contribution in [0, 0.1) is 19.3 Å². The molecule has 0 atom stereocenters. The van der Waals surface area contributed by atoms with E-state index in [2.05, 4.69) is 16.4 Å². The summed E-state index contributed by atoms with van der Waals surface area (Å²) in [6.45, 7) is 8.94. The largest absolute Gasteiger partial charge is 0.455 e. The third kappa shape index (κ3) is 3.82. The maximum atomic E-state index is 11.9. The average Bonchev–Trinajstić information content (AvgIpc) is 2.77. The molecule has 1 aromatic carbocycles. The zero-order valence-electron chi connectivity index (χ0n) is 13.4. The molecule has 0 saturated carbocycles. The number of ether oxygens (including phenoxy) is 1. The Morgan fingerprint density at radius 2 is 1.95 bits per heavy atom. The van der Waals surface area contributed by atoms with E-state index in [0.29, 0.717) is 5.13 Å². The zero-order valence-corrected chi connectivity index (χ0v) is 14.3. The van der Waals surface area contributed by atoms with E-state index in [0.717, 1.165) is 21.3 Å². The van der Waals surface area contributed by atoms with E-state index >= 15 is 0 Å². The van der Waals surface area contributed by atoms with Crippen molar-refractivity contribution >= 4 is 38.6 Å². The van der Waals surface area contributed by atoms with Gasteiger partial charge in [-0.05, 0) is 51.8 Å². The van der Waals surface area contributed by atoms with Crippen LogP contribution in [-0.2, 0) is 14.3 Å². The van der Waals surface area contributed by atoms with Crippen LogP contribution in [0.15, 0.2) is 12.1 Å². The van der Waals surface area contributed by atoms with Gasteiger partial charge in [-0.25, -0.2) is 4.98 Å². The van der Waals surface area contributed by atoms with Gasteiger partial charge in [0, 0.05) is 0 Å². The van der Waals surface area contributed by atoms with Crippen LogP contribution < -0.4 is 5.32 Å². The predicted octanol–water partition coefficient (Wildman–Crippen LogP) is 3.44. The lowest BCUT2D eigenvalue weighted by molar-refractivity contribution is -0.155. The van der Waals surface area contributed by atoms with E-state index in [9.17, 15) is 9.59 Å². The molecule has 0 aliphatic carbocycles. The fourth-order valence-corrected chi connectivity index (χ4v) is 2.99.